The molecule has 0 aliphatic heterocycles. The first-order valence-corrected chi connectivity index (χ1v) is 9.75. The summed E-state index contributed by atoms with van der Waals surface area (Å²) in [5, 5.41) is 20.2. The van der Waals surface area contributed by atoms with Crippen LogP contribution in [-0.2, 0) is 0 Å². The van der Waals surface area contributed by atoms with Gasteiger partial charge in [0.15, 0.2) is 0 Å². The highest BCUT2D eigenvalue weighted by molar-refractivity contribution is 5.30. The van der Waals surface area contributed by atoms with Crippen molar-refractivity contribution in [3.05, 3.63) is 48.3 Å². The Labute approximate surface area is 148 Å². The second-order valence-corrected chi connectivity index (χ2v) is 6.96. The van der Waals surface area contributed by atoms with E-state index in [4.69, 9.17) is 0 Å². The largest absolute Gasteiger partial charge is 0.512 e. The van der Waals surface area contributed by atoms with Gasteiger partial charge in [0.05, 0.1) is 5.76 Å². The van der Waals surface area contributed by atoms with Crippen LogP contribution in [0.2, 0.25) is 0 Å². The topological polar surface area (TPSA) is 40.5 Å². The number of hydrogen-bond acceptors (Lipinski definition) is 2. The highest BCUT2D eigenvalue weighted by atomic mass is 16.3. The molecule has 0 spiro atoms. The molecule has 0 aromatic carbocycles. The van der Waals surface area contributed by atoms with Crippen LogP contribution in [-0.4, -0.2) is 15.8 Å². The van der Waals surface area contributed by atoms with Gasteiger partial charge < -0.3 is 10.2 Å². The van der Waals surface area contributed by atoms with E-state index in [9.17, 15) is 10.2 Å². The first-order chi connectivity index (χ1) is 11.6. The summed E-state index contributed by atoms with van der Waals surface area (Å²) in [6, 6.07) is 0. The third-order valence-electron chi connectivity index (χ3n) is 4.85. The van der Waals surface area contributed by atoms with Gasteiger partial charge in [-0.1, -0.05) is 89.5 Å². The molecule has 2 nitrogen and oxygen atoms in total. The Kier molecular flexibility index (Phi) is 10.5. The summed E-state index contributed by atoms with van der Waals surface area (Å²) in [5.41, 5.74) is -1.08. The van der Waals surface area contributed by atoms with Gasteiger partial charge >= 0.3 is 0 Å². The molecule has 0 radical (unpaired) electrons. The minimum atomic E-state index is -1.08. The van der Waals surface area contributed by atoms with E-state index in [-0.39, 0.29) is 11.7 Å². The van der Waals surface area contributed by atoms with Crippen LogP contribution in [0.3, 0.4) is 0 Å². The Morgan fingerprint density at radius 1 is 1.00 bits per heavy atom. The van der Waals surface area contributed by atoms with Crippen molar-refractivity contribution in [1.29, 1.82) is 0 Å². The van der Waals surface area contributed by atoms with Crippen LogP contribution in [0.25, 0.3) is 0 Å². The Bertz CT molecular complexity index is 445. The van der Waals surface area contributed by atoms with Crippen molar-refractivity contribution in [2.75, 3.05) is 0 Å². The van der Waals surface area contributed by atoms with E-state index in [1.807, 2.05) is 19.1 Å². The first kappa shape index (κ1) is 20.8. The van der Waals surface area contributed by atoms with Crippen LogP contribution in [0, 0.1) is 5.92 Å². The summed E-state index contributed by atoms with van der Waals surface area (Å²) in [6.07, 6.45) is 26.1. The van der Waals surface area contributed by atoms with Gasteiger partial charge in [-0.15, -0.1) is 0 Å². The first-order valence-electron chi connectivity index (χ1n) is 9.75. The lowest BCUT2D eigenvalue weighted by Crippen LogP contribution is -2.34. The average molecular weight is 333 g/mol. The van der Waals surface area contributed by atoms with E-state index in [1.54, 1.807) is 24.3 Å². The zero-order valence-corrected chi connectivity index (χ0v) is 15.6. The van der Waals surface area contributed by atoms with Gasteiger partial charge in [-0.05, 0) is 31.1 Å². The molecule has 0 bridgehead atoms. The number of aliphatic hydroxyl groups excluding tert-OH is 1. The van der Waals surface area contributed by atoms with Gasteiger partial charge in [-0.3, -0.25) is 0 Å². The third kappa shape index (κ3) is 8.01. The van der Waals surface area contributed by atoms with E-state index in [2.05, 4.69) is 13.0 Å². The molecule has 1 rings (SSSR count). The molecule has 0 saturated carbocycles. The Hall–Kier alpha value is -1.28. The lowest BCUT2D eigenvalue weighted by molar-refractivity contribution is 0.0767. The molecule has 0 aromatic heterocycles. The fourth-order valence-corrected chi connectivity index (χ4v) is 2.98. The standard InChI is InChI=1S/C22H36O2/c1-3-4-5-6-7-8-9-10-11-12-13-14-15-18-22(24)19-16-17-21(23)20(22)2/h13-20,23-24H,3-12H2,1-2H3/b14-13+,18-15+. The van der Waals surface area contributed by atoms with Crippen LogP contribution in [0.15, 0.2) is 48.3 Å². The third-order valence-corrected chi connectivity index (χ3v) is 4.85. The maximum absolute atomic E-state index is 10.5. The molecule has 0 aromatic rings. The molecule has 1 aliphatic carbocycles. The normalized spacial score (nSPS) is 24.1. The molecule has 0 heterocycles. The summed E-state index contributed by atoms with van der Waals surface area (Å²) in [6.45, 7) is 4.09. The fraction of sp³-hybridized carbons (Fsp3) is 0.636. The zero-order valence-electron chi connectivity index (χ0n) is 15.6. The van der Waals surface area contributed by atoms with Gasteiger partial charge in [0, 0.05) is 5.92 Å². The monoisotopic (exact) mass is 332 g/mol. The van der Waals surface area contributed by atoms with Crippen LogP contribution in [0.4, 0.5) is 0 Å². The van der Waals surface area contributed by atoms with Crippen LogP contribution < -0.4 is 0 Å². The summed E-state index contributed by atoms with van der Waals surface area (Å²) < 4.78 is 0. The molecule has 136 valence electrons. The Morgan fingerprint density at radius 3 is 2.29 bits per heavy atom. The summed E-state index contributed by atoms with van der Waals surface area (Å²) in [7, 11) is 0. The Balaban J connectivity index is 2.07. The predicted molar refractivity (Wildman–Crippen MR) is 104 cm³/mol. The van der Waals surface area contributed by atoms with Crippen molar-refractivity contribution in [3.8, 4) is 0 Å². The molecule has 0 saturated heterocycles. The number of unbranched alkanes of at least 4 members (excludes halogenated alkanes) is 9. The van der Waals surface area contributed by atoms with Crippen LogP contribution in [0.1, 0.15) is 78.1 Å². The molecular formula is C22H36O2. The van der Waals surface area contributed by atoms with Crippen molar-refractivity contribution >= 4 is 0 Å². The summed E-state index contributed by atoms with van der Waals surface area (Å²) in [5.74, 6) is -0.0761. The molecule has 0 amide bonds. The molecule has 1 aliphatic rings. The lowest BCUT2D eigenvalue weighted by Gasteiger charge is -2.29. The maximum atomic E-state index is 10.5. The smallest absolute Gasteiger partial charge is 0.111 e. The molecular weight excluding hydrogens is 296 g/mol. The fourth-order valence-electron chi connectivity index (χ4n) is 2.98. The van der Waals surface area contributed by atoms with E-state index in [0.717, 1.165) is 6.42 Å². The number of hydrogen-bond donors (Lipinski definition) is 2. The summed E-state index contributed by atoms with van der Waals surface area (Å²) >= 11 is 0. The van der Waals surface area contributed by atoms with Gasteiger partial charge in [0.1, 0.15) is 5.60 Å². The number of aliphatic hydroxyl groups is 2. The molecule has 0 fully saturated rings. The second kappa shape index (κ2) is 12.1. The zero-order chi connectivity index (χ0) is 17.7. The maximum Gasteiger partial charge on any atom is 0.111 e. The molecule has 2 N–H and O–H groups in total. The SMILES string of the molecule is CCCCCCCCCCC/C=C/C=C/C1(O)C=CC=C(O)C1C. The van der Waals surface area contributed by atoms with Crippen LogP contribution >= 0.6 is 0 Å². The molecule has 2 heteroatoms. The van der Waals surface area contributed by atoms with E-state index >= 15 is 0 Å². The van der Waals surface area contributed by atoms with Crippen molar-refractivity contribution in [2.24, 2.45) is 5.92 Å². The van der Waals surface area contributed by atoms with Crippen molar-refractivity contribution in [3.63, 3.8) is 0 Å². The van der Waals surface area contributed by atoms with Gasteiger partial charge in [0.25, 0.3) is 0 Å². The van der Waals surface area contributed by atoms with Crippen molar-refractivity contribution in [1.82, 2.24) is 0 Å². The predicted octanol–water partition coefficient (Wildman–Crippen LogP) is 6.40. The van der Waals surface area contributed by atoms with E-state index < -0.39 is 5.60 Å². The lowest BCUT2D eigenvalue weighted by atomic mass is 9.83. The number of allylic oxidation sites excluding steroid dienone is 5. The quantitative estimate of drug-likeness (QED) is 0.321. The molecule has 24 heavy (non-hydrogen) atoms. The second-order valence-electron chi connectivity index (χ2n) is 6.96. The average Bonchev–Trinajstić information content (AvgIpc) is 2.57. The van der Waals surface area contributed by atoms with Crippen molar-refractivity contribution < 1.29 is 10.2 Å². The van der Waals surface area contributed by atoms with Gasteiger partial charge in [-0.2, -0.15) is 0 Å². The van der Waals surface area contributed by atoms with Gasteiger partial charge in [-0.25, -0.2) is 0 Å². The van der Waals surface area contributed by atoms with Crippen LogP contribution in [0.5, 0.6) is 0 Å². The van der Waals surface area contributed by atoms with Crippen molar-refractivity contribution in [2.45, 2.75) is 83.7 Å². The molecule has 2 atom stereocenters. The van der Waals surface area contributed by atoms with Gasteiger partial charge in [0.2, 0.25) is 0 Å². The van der Waals surface area contributed by atoms with E-state index in [1.165, 1.54) is 57.8 Å². The highest BCUT2D eigenvalue weighted by Gasteiger charge is 2.32. The number of rotatable bonds is 12. The van der Waals surface area contributed by atoms with E-state index in [0.29, 0.717) is 0 Å². The minimum Gasteiger partial charge on any atom is -0.512 e. The minimum absolute atomic E-state index is 0.225. The highest BCUT2D eigenvalue weighted by Crippen LogP contribution is 2.29. The summed E-state index contributed by atoms with van der Waals surface area (Å²) in [4.78, 5) is 0. The Morgan fingerprint density at radius 2 is 1.62 bits per heavy atom. The molecule has 2 unspecified atom stereocenters.